The highest BCUT2D eigenvalue weighted by atomic mass is 35.5. The molecule has 1 heterocycles. The minimum Gasteiger partial charge on any atom is -0.508 e. The Hall–Kier alpha value is -1.62. The number of hydrogen-bond donors (Lipinski definition) is 2. The summed E-state index contributed by atoms with van der Waals surface area (Å²) in [5, 5.41) is 19.8. The van der Waals surface area contributed by atoms with Gasteiger partial charge in [-0.2, -0.15) is 0 Å². The van der Waals surface area contributed by atoms with Crippen molar-refractivity contribution in [2.45, 2.75) is 12.5 Å². The fourth-order valence-electron chi connectivity index (χ4n) is 3.37. The van der Waals surface area contributed by atoms with Crippen molar-refractivity contribution in [3.63, 3.8) is 0 Å². The Bertz CT molecular complexity index is 674. The zero-order chi connectivity index (χ0) is 16.4. The second kappa shape index (κ2) is 6.87. The van der Waals surface area contributed by atoms with E-state index in [2.05, 4.69) is 4.90 Å². The minimum absolute atomic E-state index is 0.0679. The van der Waals surface area contributed by atoms with E-state index >= 15 is 0 Å². The Morgan fingerprint density at radius 1 is 1.17 bits per heavy atom. The third kappa shape index (κ3) is 3.83. The number of aliphatic hydroxyl groups excluding tert-OH is 1. The van der Waals surface area contributed by atoms with Crippen molar-refractivity contribution in [1.82, 2.24) is 4.90 Å². The molecule has 0 aliphatic carbocycles. The van der Waals surface area contributed by atoms with Crippen molar-refractivity contribution in [3.05, 3.63) is 64.4 Å². The molecule has 0 radical (unpaired) electrons. The number of likely N-dealkylation sites (tertiary alicyclic amines) is 1. The lowest BCUT2D eigenvalue weighted by Crippen LogP contribution is -2.20. The molecule has 2 aromatic carbocycles. The van der Waals surface area contributed by atoms with E-state index in [1.54, 1.807) is 18.2 Å². The van der Waals surface area contributed by atoms with Crippen molar-refractivity contribution in [1.29, 1.82) is 0 Å². The van der Waals surface area contributed by atoms with Gasteiger partial charge in [0, 0.05) is 43.1 Å². The average molecular weight is 336 g/mol. The number of aromatic hydroxyl groups is 1. The molecule has 3 rings (SSSR count). The lowest BCUT2D eigenvalue weighted by Gasteiger charge is -2.17. The molecule has 0 bridgehead atoms. The summed E-state index contributed by atoms with van der Waals surface area (Å²) in [5.74, 6) is 0.0672. The summed E-state index contributed by atoms with van der Waals surface area (Å²) in [6.45, 7) is 2.17. The van der Waals surface area contributed by atoms with Crippen LogP contribution in [0.5, 0.6) is 5.75 Å². The van der Waals surface area contributed by atoms with Crippen LogP contribution in [0.1, 0.15) is 17.0 Å². The van der Waals surface area contributed by atoms with E-state index in [1.807, 2.05) is 12.1 Å². The molecule has 1 aliphatic rings. The minimum atomic E-state index is -0.252. The summed E-state index contributed by atoms with van der Waals surface area (Å²) < 4.78 is 13.5. The Labute approximate surface area is 139 Å². The molecule has 0 unspecified atom stereocenters. The molecule has 5 heteroatoms. The van der Waals surface area contributed by atoms with Gasteiger partial charge in [0.25, 0.3) is 0 Å². The molecule has 3 nitrogen and oxygen atoms in total. The highest BCUT2D eigenvalue weighted by Gasteiger charge is 2.33. The molecule has 0 aromatic heterocycles. The van der Waals surface area contributed by atoms with Crippen LogP contribution >= 0.6 is 11.6 Å². The second-order valence-electron chi connectivity index (χ2n) is 6.12. The van der Waals surface area contributed by atoms with Gasteiger partial charge in [-0.15, -0.1) is 0 Å². The second-order valence-corrected chi connectivity index (χ2v) is 6.55. The summed E-state index contributed by atoms with van der Waals surface area (Å²) in [4.78, 5) is 2.20. The fraction of sp³-hybridized carbons (Fsp3) is 0.333. The number of phenols is 1. The molecule has 2 aromatic rings. The summed E-state index contributed by atoms with van der Waals surface area (Å²) in [6.07, 6.45) is 0. The highest BCUT2D eigenvalue weighted by molar-refractivity contribution is 6.30. The number of aliphatic hydroxyl groups is 1. The molecule has 0 amide bonds. The van der Waals surface area contributed by atoms with Crippen LogP contribution in [0.25, 0.3) is 0 Å². The van der Waals surface area contributed by atoms with E-state index in [0.29, 0.717) is 11.6 Å². The number of phenolic OH excluding ortho intramolecular Hbond substituents is 1. The summed E-state index contributed by atoms with van der Waals surface area (Å²) >= 11 is 5.97. The average Bonchev–Trinajstić information content (AvgIpc) is 2.89. The number of benzene rings is 2. The lowest BCUT2D eigenvalue weighted by molar-refractivity contribution is 0.214. The Morgan fingerprint density at radius 3 is 2.70 bits per heavy atom. The monoisotopic (exact) mass is 335 g/mol. The third-order valence-electron chi connectivity index (χ3n) is 4.38. The van der Waals surface area contributed by atoms with Crippen LogP contribution in [0.3, 0.4) is 0 Å². The van der Waals surface area contributed by atoms with Crippen LogP contribution in [0.2, 0.25) is 5.02 Å². The zero-order valence-electron chi connectivity index (χ0n) is 12.6. The molecule has 2 atom stereocenters. The van der Waals surface area contributed by atoms with Crippen molar-refractivity contribution in [2.75, 3.05) is 19.7 Å². The predicted octanol–water partition coefficient (Wildman–Crippen LogP) is 3.39. The molecular formula is C18H19ClFNO2. The van der Waals surface area contributed by atoms with Gasteiger partial charge < -0.3 is 10.2 Å². The van der Waals surface area contributed by atoms with E-state index in [-0.39, 0.29) is 30.0 Å². The van der Waals surface area contributed by atoms with Crippen LogP contribution in [-0.2, 0) is 6.54 Å². The van der Waals surface area contributed by atoms with E-state index in [4.69, 9.17) is 11.6 Å². The maximum Gasteiger partial charge on any atom is 0.123 e. The van der Waals surface area contributed by atoms with Gasteiger partial charge in [-0.1, -0.05) is 23.7 Å². The van der Waals surface area contributed by atoms with Gasteiger partial charge in [0.05, 0.1) is 0 Å². The standard InChI is InChI=1S/C18H19ClFNO2/c19-15-4-12(5-17(23)7-15)8-21-9-14(11-22)18(10-21)13-2-1-3-16(20)6-13/h1-7,14,18,22-23H,8-11H2/t14-,18-/m0/s1. The molecule has 0 spiro atoms. The molecule has 122 valence electrons. The van der Waals surface area contributed by atoms with Crippen molar-refractivity contribution >= 4 is 11.6 Å². The molecule has 23 heavy (non-hydrogen) atoms. The van der Waals surface area contributed by atoms with Crippen molar-refractivity contribution in [2.24, 2.45) is 5.92 Å². The maximum atomic E-state index is 13.5. The first-order valence-corrected chi connectivity index (χ1v) is 8.00. The van der Waals surface area contributed by atoms with Gasteiger partial charge in [-0.3, -0.25) is 4.90 Å². The number of nitrogens with zero attached hydrogens (tertiary/aromatic N) is 1. The number of rotatable bonds is 4. The zero-order valence-corrected chi connectivity index (χ0v) is 13.4. The van der Waals surface area contributed by atoms with Gasteiger partial charge in [0.15, 0.2) is 0 Å². The predicted molar refractivity (Wildman–Crippen MR) is 88.1 cm³/mol. The van der Waals surface area contributed by atoms with Crippen molar-refractivity contribution < 1.29 is 14.6 Å². The van der Waals surface area contributed by atoms with Crippen LogP contribution in [0.4, 0.5) is 4.39 Å². The molecule has 1 saturated heterocycles. The third-order valence-corrected chi connectivity index (χ3v) is 4.59. The van der Waals surface area contributed by atoms with Gasteiger partial charge in [-0.05, 0) is 41.5 Å². The van der Waals surface area contributed by atoms with Crippen LogP contribution in [-0.4, -0.2) is 34.8 Å². The molecule has 2 N–H and O–H groups in total. The molecule has 1 aliphatic heterocycles. The number of hydrogen-bond acceptors (Lipinski definition) is 3. The van der Waals surface area contributed by atoms with E-state index in [1.165, 1.54) is 12.1 Å². The normalized spacial score (nSPS) is 21.7. The first-order chi connectivity index (χ1) is 11.0. The maximum absolute atomic E-state index is 13.5. The summed E-state index contributed by atoms with van der Waals surface area (Å²) in [5.41, 5.74) is 1.84. The van der Waals surface area contributed by atoms with Crippen LogP contribution in [0.15, 0.2) is 42.5 Å². The smallest absolute Gasteiger partial charge is 0.123 e. The van der Waals surface area contributed by atoms with Gasteiger partial charge in [0.1, 0.15) is 11.6 Å². The topological polar surface area (TPSA) is 43.7 Å². The summed E-state index contributed by atoms with van der Waals surface area (Å²) in [6, 6.07) is 11.6. The summed E-state index contributed by atoms with van der Waals surface area (Å²) in [7, 11) is 0. The first kappa shape index (κ1) is 16.2. The Balaban J connectivity index is 1.76. The Morgan fingerprint density at radius 2 is 2.00 bits per heavy atom. The fourth-order valence-corrected chi connectivity index (χ4v) is 3.62. The Kier molecular flexibility index (Phi) is 4.85. The van der Waals surface area contributed by atoms with E-state index in [0.717, 1.165) is 24.2 Å². The van der Waals surface area contributed by atoms with Crippen LogP contribution in [0, 0.1) is 11.7 Å². The largest absolute Gasteiger partial charge is 0.508 e. The van der Waals surface area contributed by atoms with E-state index in [9.17, 15) is 14.6 Å². The van der Waals surface area contributed by atoms with Crippen molar-refractivity contribution in [3.8, 4) is 5.75 Å². The van der Waals surface area contributed by atoms with Crippen LogP contribution < -0.4 is 0 Å². The molecule has 0 saturated carbocycles. The number of halogens is 2. The van der Waals surface area contributed by atoms with E-state index < -0.39 is 0 Å². The first-order valence-electron chi connectivity index (χ1n) is 7.62. The van der Waals surface area contributed by atoms with Gasteiger partial charge >= 0.3 is 0 Å². The molecule has 1 fully saturated rings. The van der Waals surface area contributed by atoms with Gasteiger partial charge in [-0.25, -0.2) is 4.39 Å². The van der Waals surface area contributed by atoms with Gasteiger partial charge in [0.2, 0.25) is 0 Å². The molecular weight excluding hydrogens is 317 g/mol. The highest BCUT2D eigenvalue weighted by Crippen LogP contribution is 2.34. The lowest BCUT2D eigenvalue weighted by atomic mass is 9.89. The SMILES string of the molecule is OC[C@@H]1CN(Cc2cc(O)cc(Cl)c2)C[C@H]1c1cccc(F)c1. The quantitative estimate of drug-likeness (QED) is 0.900.